The number of hydrogen-bond acceptors (Lipinski definition) is 2. The van der Waals surface area contributed by atoms with Crippen molar-refractivity contribution in [3.8, 4) is 0 Å². The summed E-state index contributed by atoms with van der Waals surface area (Å²) in [4.78, 5) is 0. The molecular formula is C7H15N2O. The fraction of sp³-hybridized carbons (Fsp3) is 1.00. The highest BCUT2D eigenvalue weighted by molar-refractivity contribution is 4.74. The number of hydrogen-bond donors (Lipinski definition) is 1. The lowest BCUT2D eigenvalue weighted by Gasteiger charge is -2.21. The average Bonchev–Trinajstić information content (AvgIpc) is 2.03. The van der Waals surface area contributed by atoms with Crippen molar-refractivity contribution in [3.05, 3.63) is 0 Å². The first-order chi connectivity index (χ1) is 4.93. The number of piperazine rings is 1. The van der Waals surface area contributed by atoms with Gasteiger partial charge >= 0.3 is 0 Å². The molecule has 59 valence electrons. The van der Waals surface area contributed by atoms with Gasteiger partial charge in [-0.25, -0.2) is 5.32 Å². The number of methoxy groups -OCH3 is 1. The summed E-state index contributed by atoms with van der Waals surface area (Å²) in [5.74, 6) is 0. The quantitative estimate of drug-likeness (QED) is 0.583. The third kappa shape index (κ3) is 2.64. The minimum Gasteiger partial charge on any atom is -0.385 e. The Balaban J connectivity index is 2.02. The molecule has 1 unspecified atom stereocenters. The predicted octanol–water partition coefficient (Wildman–Crippen LogP) is -0.401. The summed E-state index contributed by atoms with van der Waals surface area (Å²) >= 11 is 0. The van der Waals surface area contributed by atoms with Crippen LogP contribution in [0.15, 0.2) is 0 Å². The lowest BCUT2D eigenvalue weighted by Crippen LogP contribution is -2.44. The summed E-state index contributed by atoms with van der Waals surface area (Å²) < 4.78 is 4.96. The minimum atomic E-state index is 0.494. The molecule has 0 aliphatic carbocycles. The van der Waals surface area contributed by atoms with Gasteiger partial charge in [0.1, 0.15) is 0 Å². The van der Waals surface area contributed by atoms with E-state index in [9.17, 15) is 0 Å². The van der Waals surface area contributed by atoms with Gasteiger partial charge in [-0.15, -0.1) is 0 Å². The van der Waals surface area contributed by atoms with Crippen LogP contribution in [0.1, 0.15) is 6.42 Å². The van der Waals surface area contributed by atoms with E-state index in [0.717, 1.165) is 32.7 Å². The van der Waals surface area contributed by atoms with Gasteiger partial charge in [0.15, 0.2) is 0 Å². The molecule has 1 N–H and O–H groups in total. The van der Waals surface area contributed by atoms with Crippen molar-refractivity contribution >= 4 is 0 Å². The maximum atomic E-state index is 4.96. The highest BCUT2D eigenvalue weighted by Crippen LogP contribution is 1.95. The molecule has 1 atom stereocenters. The van der Waals surface area contributed by atoms with E-state index in [0.29, 0.717) is 6.04 Å². The molecule has 0 amide bonds. The highest BCUT2D eigenvalue weighted by Gasteiger charge is 2.11. The Kier molecular flexibility index (Phi) is 3.72. The van der Waals surface area contributed by atoms with Crippen LogP contribution in [-0.2, 0) is 4.74 Å². The van der Waals surface area contributed by atoms with Crippen LogP contribution in [0.4, 0.5) is 0 Å². The molecule has 0 aromatic rings. The van der Waals surface area contributed by atoms with E-state index in [4.69, 9.17) is 4.74 Å². The highest BCUT2D eigenvalue weighted by atomic mass is 16.5. The molecule has 0 aromatic heterocycles. The summed E-state index contributed by atoms with van der Waals surface area (Å²) in [5.41, 5.74) is 0. The molecule has 3 heteroatoms. The van der Waals surface area contributed by atoms with Crippen LogP contribution in [0.2, 0.25) is 0 Å². The van der Waals surface area contributed by atoms with Gasteiger partial charge in [0.2, 0.25) is 0 Å². The van der Waals surface area contributed by atoms with Crippen molar-refractivity contribution in [2.24, 2.45) is 0 Å². The Bertz CT molecular complexity index is 81.7. The van der Waals surface area contributed by atoms with Gasteiger partial charge in [-0.2, -0.15) is 0 Å². The van der Waals surface area contributed by atoms with Crippen molar-refractivity contribution in [1.82, 2.24) is 10.6 Å². The van der Waals surface area contributed by atoms with E-state index < -0.39 is 0 Å². The molecule has 1 saturated heterocycles. The lowest BCUT2D eigenvalue weighted by atomic mass is 10.2. The summed E-state index contributed by atoms with van der Waals surface area (Å²) in [6, 6.07) is 0.494. The molecular weight excluding hydrogens is 128 g/mol. The molecule has 0 bridgehead atoms. The lowest BCUT2D eigenvalue weighted by molar-refractivity contribution is 0.178. The standard InChI is InChI=1S/C7H15N2O/c1-10-5-2-7-6-8-3-4-9-7/h7-8H,2-6H2,1H3. The zero-order chi connectivity index (χ0) is 7.23. The van der Waals surface area contributed by atoms with Crippen LogP contribution >= 0.6 is 0 Å². The number of ether oxygens (including phenoxy) is 1. The van der Waals surface area contributed by atoms with Crippen LogP contribution in [-0.4, -0.2) is 39.4 Å². The van der Waals surface area contributed by atoms with Crippen molar-refractivity contribution in [3.63, 3.8) is 0 Å². The van der Waals surface area contributed by atoms with Gasteiger partial charge in [-0.3, -0.25) is 0 Å². The van der Waals surface area contributed by atoms with Gasteiger partial charge in [-0.05, 0) is 6.42 Å². The Labute approximate surface area is 62.1 Å². The molecule has 10 heavy (non-hydrogen) atoms. The molecule has 1 radical (unpaired) electrons. The van der Waals surface area contributed by atoms with Crippen LogP contribution in [0.25, 0.3) is 0 Å². The van der Waals surface area contributed by atoms with E-state index >= 15 is 0 Å². The second-order valence-electron chi connectivity index (χ2n) is 2.55. The van der Waals surface area contributed by atoms with Gasteiger partial charge in [-0.1, -0.05) is 0 Å². The van der Waals surface area contributed by atoms with E-state index in [1.54, 1.807) is 7.11 Å². The fourth-order valence-electron chi connectivity index (χ4n) is 1.11. The minimum absolute atomic E-state index is 0.494. The molecule has 1 aliphatic rings. The molecule has 1 rings (SSSR count). The Hall–Kier alpha value is -0.120. The van der Waals surface area contributed by atoms with E-state index in [1.807, 2.05) is 0 Å². The average molecular weight is 143 g/mol. The zero-order valence-corrected chi connectivity index (χ0v) is 6.47. The van der Waals surface area contributed by atoms with E-state index in [1.165, 1.54) is 0 Å². The van der Waals surface area contributed by atoms with Crippen molar-refractivity contribution in [2.45, 2.75) is 12.5 Å². The van der Waals surface area contributed by atoms with Crippen LogP contribution < -0.4 is 10.6 Å². The first-order valence-electron chi connectivity index (χ1n) is 3.79. The zero-order valence-electron chi connectivity index (χ0n) is 6.47. The predicted molar refractivity (Wildman–Crippen MR) is 40.2 cm³/mol. The molecule has 3 nitrogen and oxygen atoms in total. The summed E-state index contributed by atoms with van der Waals surface area (Å²) in [7, 11) is 1.73. The molecule has 0 aromatic carbocycles. The first kappa shape index (κ1) is 7.98. The Morgan fingerprint density at radius 3 is 3.20 bits per heavy atom. The smallest absolute Gasteiger partial charge is 0.0478 e. The third-order valence-corrected chi connectivity index (χ3v) is 1.71. The number of nitrogens with zero attached hydrogens (tertiary/aromatic N) is 1. The second-order valence-corrected chi connectivity index (χ2v) is 2.55. The fourth-order valence-corrected chi connectivity index (χ4v) is 1.11. The molecule has 1 aliphatic heterocycles. The maximum Gasteiger partial charge on any atom is 0.0478 e. The number of rotatable bonds is 3. The summed E-state index contributed by atoms with van der Waals surface area (Å²) in [6.45, 7) is 3.87. The normalized spacial score (nSPS) is 26.7. The Morgan fingerprint density at radius 1 is 1.70 bits per heavy atom. The van der Waals surface area contributed by atoms with Gasteiger partial charge in [0.25, 0.3) is 0 Å². The van der Waals surface area contributed by atoms with Gasteiger partial charge in [0, 0.05) is 39.4 Å². The largest absolute Gasteiger partial charge is 0.385 e. The maximum absolute atomic E-state index is 4.96. The molecule has 1 fully saturated rings. The van der Waals surface area contributed by atoms with Crippen molar-refractivity contribution in [2.75, 3.05) is 33.4 Å². The van der Waals surface area contributed by atoms with Crippen molar-refractivity contribution in [1.29, 1.82) is 0 Å². The van der Waals surface area contributed by atoms with E-state index in [2.05, 4.69) is 10.6 Å². The molecule has 0 spiro atoms. The van der Waals surface area contributed by atoms with Crippen LogP contribution in [0.3, 0.4) is 0 Å². The van der Waals surface area contributed by atoms with Gasteiger partial charge < -0.3 is 10.1 Å². The third-order valence-electron chi connectivity index (χ3n) is 1.71. The monoisotopic (exact) mass is 143 g/mol. The Morgan fingerprint density at radius 2 is 2.60 bits per heavy atom. The van der Waals surface area contributed by atoms with Crippen molar-refractivity contribution < 1.29 is 4.74 Å². The van der Waals surface area contributed by atoms with Crippen LogP contribution in [0.5, 0.6) is 0 Å². The van der Waals surface area contributed by atoms with E-state index in [-0.39, 0.29) is 0 Å². The first-order valence-corrected chi connectivity index (χ1v) is 3.79. The SMILES string of the molecule is COCCC1CNCC[N]1. The van der Waals surface area contributed by atoms with Gasteiger partial charge in [0.05, 0.1) is 0 Å². The molecule has 1 heterocycles. The molecule has 0 saturated carbocycles. The topological polar surface area (TPSA) is 35.4 Å². The van der Waals surface area contributed by atoms with Crippen LogP contribution in [0, 0.1) is 0 Å². The second kappa shape index (κ2) is 4.66. The number of nitrogens with one attached hydrogen (secondary N) is 1. The summed E-state index contributed by atoms with van der Waals surface area (Å²) in [6.07, 6.45) is 1.06. The summed E-state index contributed by atoms with van der Waals surface area (Å²) in [5, 5.41) is 7.72.